The van der Waals surface area contributed by atoms with Crippen molar-refractivity contribution in [2.75, 3.05) is 0 Å². The predicted molar refractivity (Wildman–Crippen MR) is 39.0 cm³/mol. The van der Waals surface area contributed by atoms with Crippen molar-refractivity contribution in [1.82, 2.24) is 0 Å². The number of hydrogen-bond donors (Lipinski definition) is 2. The molecule has 1 aromatic carbocycles. The molecule has 1 rings (SSSR count). The number of carbonyl (C=O) groups is 1. The Morgan fingerprint density at radius 3 is 2.45 bits per heavy atom. The van der Waals surface area contributed by atoms with Gasteiger partial charge in [-0.3, -0.25) is 0 Å². The summed E-state index contributed by atoms with van der Waals surface area (Å²) in [5, 5.41) is 17.6. The fraction of sp³-hybridized carbons (Fsp3) is 0.125. The summed E-state index contributed by atoms with van der Waals surface area (Å²) in [7, 11) is 0. The van der Waals surface area contributed by atoms with Crippen molar-refractivity contribution in [3.8, 4) is 0 Å². The molecule has 0 aromatic heterocycles. The standard InChI is InChI=1S/C8H8O3/c9-7(8(10)11)6-4-2-1-3-5-6/h1-5,7,9H,(H,10,11)/i7D. The normalized spacial score (nSPS) is 16.6. The van der Waals surface area contributed by atoms with Gasteiger partial charge in [0.1, 0.15) is 0 Å². The van der Waals surface area contributed by atoms with Crippen molar-refractivity contribution < 1.29 is 16.4 Å². The van der Waals surface area contributed by atoms with E-state index in [1.807, 2.05) is 0 Å². The average molecular weight is 153 g/mol. The highest BCUT2D eigenvalue weighted by Gasteiger charge is 2.14. The van der Waals surface area contributed by atoms with Crippen LogP contribution in [0.2, 0.25) is 0 Å². The second-order valence-corrected chi connectivity index (χ2v) is 2.02. The second-order valence-electron chi connectivity index (χ2n) is 2.02. The maximum Gasteiger partial charge on any atom is 0.337 e. The molecular formula is C8H8O3. The summed E-state index contributed by atoms with van der Waals surface area (Å²) in [4.78, 5) is 10.4. The molecule has 0 heterocycles. The van der Waals surface area contributed by atoms with Gasteiger partial charge in [0, 0.05) is 0 Å². The van der Waals surface area contributed by atoms with Crippen LogP contribution in [0.25, 0.3) is 0 Å². The Bertz CT molecular complexity index is 282. The third kappa shape index (κ3) is 1.78. The minimum absolute atomic E-state index is 0.0532. The molecule has 2 N–H and O–H groups in total. The minimum Gasteiger partial charge on any atom is -0.479 e. The van der Waals surface area contributed by atoms with Crippen molar-refractivity contribution in [3.05, 3.63) is 35.9 Å². The van der Waals surface area contributed by atoms with E-state index in [2.05, 4.69) is 0 Å². The zero-order chi connectivity index (χ0) is 9.19. The fourth-order valence-corrected chi connectivity index (χ4v) is 0.719. The van der Waals surface area contributed by atoms with Gasteiger partial charge in [-0.2, -0.15) is 0 Å². The van der Waals surface area contributed by atoms with E-state index < -0.39 is 12.0 Å². The molecule has 1 atom stereocenters. The lowest BCUT2D eigenvalue weighted by molar-refractivity contribution is -0.146. The summed E-state index contributed by atoms with van der Waals surface area (Å²) in [6, 6.07) is 7.60. The molecule has 0 saturated heterocycles. The van der Waals surface area contributed by atoms with Gasteiger partial charge >= 0.3 is 5.97 Å². The molecule has 0 fully saturated rings. The maximum absolute atomic E-state index is 10.4. The van der Waals surface area contributed by atoms with Crippen molar-refractivity contribution >= 4 is 5.97 Å². The molecule has 0 aliphatic heterocycles. The first-order chi connectivity index (χ1) is 5.55. The number of hydrogen-bond acceptors (Lipinski definition) is 2. The average Bonchev–Trinajstić information content (AvgIpc) is 2.06. The number of carboxylic acid groups (broad SMARTS) is 1. The molecule has 1 aromatic rings. The lowest BCUT2D eigenvalue weighted by atomic mass is 10.1. The van der Waals surface area contributed by atoms with E-state index >= 15 is 0 Å². The molecule has 0 spiro atoms. The Morgan fingerprint density at radius 1 is 1.45 bits per heavy atom. The molecule has 0 amide bonds. The van der Waals surface area contributed by atoms with Gasteiger partial charge in [0.15, 0.2) is 6.08 Å². The van der Waals surface area contributed by atoms with Gasteiger partial charge < -0.3 is 10.2 Å². The number of rotatable bonds is 2. The summed E-state index contributed by atoms with van der Waals surface area (Å²) >= 11 is 0. The Morgan fingerprint density at radius 2 is 2.00 bits per heavy atom. The Kier molecular flexibility index (Phi) is 1.83. The molecular weight excluding hydrogens is 144 g/mol. The minimum atomic E-state index is -2.54. The summed E-state index contributed by atoms with van der Waals surface area (Å²) in [5.74, 6) is -1.58. The molecule has 1 unspecified atom stereocenters. The zero-order valence-electron chi connectivity index (χ0n) is 6.69. The first kappa shape index (κ1) is 6.37. The lowest BCUT2D eigenvalue weighted by Crippen LogP contribution is -2.09. The number of aliphatic carboxylic acids is 1. The van der Waals surface area contributed by atoms with E-state index in [1.165, 1.54) is 12.1 Å². The van der Waals surface area contributed by atoms with Gasteiger partial charge in [0.05, 0.1) is 1.37 Å². The summed E-state index contributed by atoms with van der Waals surface area (Å²) in [6.07, 6.45) is -2.54. The third-order valence-corrected chi connectivity index (χ3v) is 1.25. The van der Waals surface area contributed by atoms with Crippen LogP contribution in [0.3, 0.4) is 0 Å². The van der Waals surface area contributed by atoms with Crippen LogP contribution in [0.1, 0.15) is 13.0 Å². The lowest BCUT2D eigenvalue weighted by Gasteiger charge is -2.03. The topological polar surface area (TPSA) is 57.5 Å². The quantitative estimate of drug-likeness (QED) is 0.660. The van der Waals surface area contributed by atoms with Crippen LogP contribution in [-0.2, 0) is 4.79 Å². The second kappa shape index (κ2) is 3.16. The molecule has 58 valence electrons. The van der Waals surface area contributed by atoms with Crippen LogP contribution in [0.4, 0.5) is 0 Å². The molecule has 0 radical (unpaired) electrons. The van der Waals surface area contributed by atoms with E-state index in [-0.39, 0.29) is 5.56 Å². The Balaban J connectivity index is 3.06. The number of aliphatic hydroxyl groups is 1. The monoisotopic (exact) mass is 153 g/mol. The first-order valence-corrected chi connectivity index (χ1v) is 3.06. The van der Waals surface area contributed by atoms with Crippen molar-refractivity contribution in [3.63, 3.8) is 0 Å². The fourth-order valence-electron chi connectivity index (χ4n) is 0.719. The zero-order valence-corrected chi connectivity index (χ0v) is 5.69. The van der Waals surface area contributed by atoms with Gasteiger partial charge in [-0.1, -0.05) is 30.3 Å². The van der Waals surface area contributed by atoms with Gasteiger partial charge in [0.2, 0.25) is 0 Å². The van der Waals surface area contributed by atoms with Crippen LogP contribution in [0.15, 0.2) is 30.3 Å². The van der Waals surface area contributed by atoms with Crippen molar-refractivity contribution in [2.45, 2.75) is 6.08 Å². The van der Waals surface area contributed by atoms with Gasteiger partial charge in [-0.25, -0.2) is 4.79 Å². The van der Waals surface area contributed by atoms with Crippen LogP contribution < -0.4 is 0 Å². The molecule has 11 heavy (non-hydrogen) atoms. The van der Waals surface area contributed by atoms with Gasteiger partial charge in [-0.15, -0.1) is 0 Å². The Labute approximate surface area is 65.3 Å². The number of carboxylic acids is 1. The van der Waals surface area contributed by atoms with E-state index in [4.69, 9.17) is 11.6 Å². The third-order valence-electron chi connectivity index (χ3n) is 1.25. The van der Waals surface area contributed by atoms with E-state index in [9.17, 15) is 4.79 Å². The van der Waals surface area contributed by atoms with E-state index in [1.54, 1.807) is 18.2 Å². The molecule has 0 saturated carbocycles. The van der Waals surface area contributed by atoms with Crippen molar-refractivity contribution in [2.24, 2.45) is 0 Å². The summed E-state index contributed by atoms with van der Waals surface area (Å²) in [6.45, 7) is 0. The number of benzene rings is 1. The summed E-state index contributed by atoms with van der Waals surface area (Å²) < 4.78 is 7.08. The Hall–Kier alpha value is -1.35. The van der Waals surface area contributed by atoms with Crippen molar-refractivity contribution in [1.29, 1.82) is 0 Å². The molecule has 0 aliphatic carbocycles. The predicted octanol–water partition coefficient (Wildman–Crippen LogP) is 0.805. The molecule has 3 nitrogen and oxygen atoms in total. The van der Waals surface area contributed by atoms with E-state index in [0.29, 0.717) is 0 Å². The highest BCUT2D eigenvalue weighted by Crippen LogP contribution is 2.10. The maximum atomic E-state index is 10.4. The first-order valence-electron chi connectivity index (χ1n) is 3.56. The highest BCUT2D eigenvalue weighted by molar-refractivity contribution is 5.73. The van der Waals surface area contributed by atoms with Crippen LogP contribution in [-0.4, -0.2) is 16.2 Å². The van der Waals surface area contributed by atoms with Gasteiger partial charge in [0.25, 0.3) is 0 Å². The molecule has 3 heteroatoms. The van der Waals surface area contributed by atoms with Gasteiger partial charge in [-0.05, 0) is 5.56 Å². The SMILES string of the molecule is [2H]C(O)(C(=O)O)c1ccccc1. The highest BCUT2D eigenvalue weighted by atomic mass is 16.4. The largest absolute Gasteiger partial charge is 0.479 e. The molecule has 0 aliphatic rings. The van der Waals surface area contributed by atoms with Crippen LogP contribution >= 0.6 is 0 Å². The smallest absolute Gasteiger partial charge is 0.337 e. The summed E-state index contributed by atoms with van der Waals surface area (Å²) in [5.41, 5.74) is 0.0532. The molecule has 0 bridgehead atoms. The van der Waals surface area contributed by atoms with Crippen LogP contribution in [0, 0.1) is 0 Å². The van der Waals surface area contributed by atoms with E-state index in [0.717, 1.165) is 0 Å². The van der Waals surface area contributed by atoms with Crippen LogP contribution in [0.5, 0.6) is 0 Å².